The van der Waals surface area contributed by atoms with Crippen molar-refractivity contribution < 1.29 is 9.53 Å². The summed E-state index contributed by atoms with van der Waals surface area (Å²) in [6.07, 6.45) is 1.60. The second-order valence-corrected chi connectivity index (χ2v) is 4.66. The van der Waals surface area contributed by atoms with Crippen molar-refractivity contribution in [2.45, 2.75) is 25.9 Å². The molecule has 0 aromatic carbocycles. The standard InChI is InChI=1S/C10H16BrN3O2/c1-6(2)14-9(7(11)4-13-14)10(15)8(12)5-16-3/h4,6,8H,5,12H2,1-3H3. The zero-order valence-corrected chi connectivity index (χ0v) is 11.2. The molecular formula is C10H16BrN3O2. The fourth-order valence-corrected chi connectivity index (χ4v) is 1.86. The molecule has 1 atom stereocenters. The zero-order valence-electron chi connectivity index (χ0n) is 9.61. The molecule has 0 radical (unpaired) electrons. The molecule has 0 saturated carbocycles. The van der Waals surface area contributed by atoms with E-state index in [9.17, 15) is 4.79 Å². The van der Waals surface area contributed by atoms with Gasteiger partial charge in [0.2, 0.25) is 5.78 Å². The molecule has 0 fully saturated rings. The van der Waals surface area contributed by atoms with Crippen molar-refractivity contribution in [3.05, 3.63) is 16.4 Å². The monoisotopic (exact) mass is 289 g/mol. The van der Waals surface area contributed by atoms with Gasteiger partial charge < -0.3 is 10.5 Å². The number of methoxy groups -OCH3 is 1. The highest BCUT2D eigenvalue weighted by Crippen LogP contribution is 2.20. The van der Waals surface area contributed by atoms with Gasteiger partial charge in [-0.2, -0.15) is 5.10 Å². The minimum atomic E-state index is -0.657. The van der Waals surface area contributed by atoms with Crippen LogP contribution in [0, 0.1) is 0 Å². The van der Waals surface area contributed by atoms with Crippen LogP contribution >= 0.6 is 15.9 Å². The van der Waals surface area contributed by atoms with Gasteiger partial charge in [0.1, 0.15) is 5.69 Å². The molecule has 0 spiro atoms. The summed E-state index contributed by atoms with van der Waals surface area (Å²) in [5.74, 6) is -0.167. The van der Waals surface area contributed by atoms with Crippen LogP contribution in [0.1, 0.15) is 30.4 Å². The highest BCUT2D eigenvalue weighted by molar-refractivity contribution is 9.10. The Balaban J connectivity index is 3.02. The lowest BCUT2D eigenvalue weighted by atomic mass is 10.1. The molecule has 16 heavy (non-hydrogen) atoms. The van der Waals surface area contributed by atoms with Crippen LogP contribution in [0.3, 0.4) is 0 Å². The lowest BCUT2D eigenvalue weighted by Crippen LogP contribution is -2.36. The first-order valence-corrected chi connectivity index (χ1v) is 5.80. The maximum absolute atomic E-state index is 12.0. The molecular weight excluding hydrogens is 274 g/mol. The predicted octanol–water partition coefficient (Wildman–Crippen LogP) is 1.38. The van der Waals surface area contributed by atoms with E-state index in [4.69, 9.17) is 10.5 Å². The van der Waals surface area contributed by atoms with Gasteiger partial charge in [0, 0.05) is 13.2 Å². The Morgan fingerprint density at radius 1 is 1.69 bits per heavy atom. The molecule has 1 aromatic rings. The van der Waals surface area contributed by atoms with E-state index in [1.807, 2.05) is 13.8 Å². The van der Waals surface area contributed by atoms with Crippen LogP contribution in [0.25, 0.3) is 0 Å². The number of carbonyl (C=O) groups excluding carboxylic acids is 1. The number of nitrogens with two attached hydrogens (primary N) is 1. The Morgan fingerprint density at radius 3 is 2.81 bits per heavy atom. The van der Waals surface area contributed by atoms with E-state index in [-0.39, 0.29) is 18.4 Å². The fourth-order valence-electron chi connectivity index (χ4n) is 1.39. The zero-order chi connectivity index (χ0) is 12.3. The number of carbonyl (C=O) groups is 1. The molecule has 1 heterocycles. The van der Waals surface area contributed by atoms with Crippen LogP contribution in [-0.2, 0) is 4.74 Å². The van der Waals surface area contributed by atoms with Crippen LogP contribution in [-0.4, -0.2) is 35.3 Å². The number of ether oxygens (including phenoxy) is 1. The number of rotatable bonds is 5. The largest absolute Gasteiger partial charge is 0.383 e. The van der Waals surface area contributed by atoms with Crippen LogP contribution in [0.4, 0.5) is 0 Å². The molecule has 0 saturated heterocycles. The smallest absolute Gasteiger partial charge is 0.201 e. The Kier molecular flexibility index (Phi) is 4.64. The minimum absolute atomic E-state index is 0.111. The molecule has 1 rings (SSSR count). The predicted molar refractivity (Wildman–Crippen MR) is 64.5 cm³/mol. The fraction of sp³-hybridized carbons (Fsp3) is 0.600. The third-order valence-corrected chi connectivity index (χ3v) is 2.74. The number of halogens is 1. The van der Waals surface area contributed by atoms with Crippen molar-refractivity contribution in [2.75, 3.05) is 13.7 Å². The van der Waals surface area contributed by atoms with E-state index >= 15 is 0 Å². The summed E-state index contributed by atoms with van der Waals surface area (Å²) in [5, 5.41) is 4.13. The number of hydrogen-bond acceptors (Lipinski definition) is 4. The Morgan fingerprint density at radius 2 is 2.31 bits per heavy atom. The average molecular weight is 290 g/mol. The maximum atomic E-state index is 12.0. The molecule has 0 amide bonds. The highest BCUT2D eigenvalue weighted by Gasteiger charge is 2.23. The summed E-state index contributed by atoms with van der Waals surface area (Å²) in [6.45, 7) is 4.12. The van der Waals surface area contributed by atoms with Crippen LogP contribution < -0.4 is 5.73 Å². The Labute approximate surface area is 103 Å². The molecule has 0 aliphatic heterocycles. The lowest BCUT2D eigenvalue weighted by Gasteiger charge is -2.14. The van der Waals surface area contributed by atoms with Crippen LogP contribution in [0.2, 0.25) is 0 Å². The molecule has 1 unspecified atom stereocenters. The SMILES string of the molecule is COCC(N)C(=O)c1c(Br)cnn1C(C)C. The minimum Gasteiger partial charge on any atom is -0.383 e. The summed E-state index contributed by atoms with van der Waals surface area (Å²) >= 11 is 3.30. The number of hydrogen-bond donors (Lipinski definition) is 1. The van der Waals surface area contributed by atoms with Gasteiger partial charge in [0.25, 0.3) is 0 Å². The van der Waals surface area contributed by atoms with Crippen LogP contribution in [0.15, 0.2) is 10.7 Å². The van der Waals surface area contributed by atoms with Gasteiger partial charge in [-0.3, -0.25) is 9.48 Å². The van der Waals surface area contributed by atoms with E-state index in [2.05, 4.69) is 21.0 Å². The molecule has 5 nitrogen and oxygen atoms in total. The third-order valence-electron chi connectivity index (χ3n) is 2.16. The van der Waals surface area contributed by atoms with Gasteiger partial charge in [-0.05, 0) is 29.8 Å². The molecule has 6 heteroatoms. The first-order chi connectivity index (χ1) is 7.49. The van der Waals surface area contributed by atoms with E-state index in [1.165, 1.54) is 7.11 Å². The maximum Gasteiger partial charge on any atom is 0.201 e. The van der Waals surface area contributed by atoms with Gasteiger partial charge in [0.05, 0.1) is 23.3 Å². The quantitative estimate of drug-likeness (QED) is 0.832. The first-order valence-electron chi connectivity index (χ1n) is 5.00. The van der Waals surface area contributed by atoms with Crippen molar-refractivity contribution >= 4 is 21.7 Å². The number of nitrogens with zero attached hydrogens (tertiary/aromatic N) is 2. The summed E-state index contributed by atoms with van der Waals surface area (Å²) in [4.78, 5) is 12.0. The molecule has 0 aliphatic carbocycles. The van der Waals surface area contributed by atoms with Gasteiger partial charge in [-0.15, -0.1) is 0 Å². The second kappa shape index (κ2) is 5.56. The van der Waals surface area contributed by atoms with Gasteiger partial charge in [0.15, 0.2) is 0 Å². The molecule has 0 bridgehead atoms. The first kappa shape index (κ1) is 13.3. The second-order valence-electron chi connectivity index (χ2n) is 3.81. The average Bonchev–Trinajstić information content (AvgIpc) is 2.59. The van der Waals surface area contributed by atoms with Crippen molar-refractivity contribution in [1.29, 1.82) is 0 Å². The van der Waals surface area contributed by atoms with Gasteiger partial charge >= 0.3 is 0 Å². The normalized spacial score (nSPS) is 13.1. The summed E-state index contributed by atoms with van der Waals surface area (Å²) in [6, 6.07) is -0.546. The number of Topliss-reactive ketones (excluding diaryl/α,β-unsaturated/α-hetero) is 1. The van der Waals surface area contributed by atoms with E-state index in [0.29, 0.717) is 10.2 Å². The third kappa shape index (κ3) is 2.69. The van der Waals surface area contributed by atoms with Gasteiger partial charge in [-0.25, -0.2) is 0 Å². The van der Waals surface area contributed by atoms with Crippen molar-refractivity contribution in [3.8, 4) is 0 Å². The molecule has 2 N–H and O–H groups in total. The number of aromatic nitrogens is 2. The van der Waals surface area contributed by atoms with Crippen molar-refractivity contribution in [3.63, 3.8) is 0 Å². The summed E-state index contributed by atoms with van der Waals surface area (Å²) < 4.78 is 7.19. The van der Waals surface area contributed by atoms with E-state index < -0.39 is 6.04 Å². The summed E-state index contributed by atoms with van der Waals surface area (Å²) in [5.41, 5.74) is 6.22. The molecule has 0 aliphatic rings. The van der Waals surface area contributed by atoms with E-state index in [0.717, 1.165) is 0 Å². The van der Waals surface area contributed by atoms with E-state index in [1.54, 1.807) is 10.9 Å². The molecule has 1 aromatic heterocycles. The molecule has 90 valence electrons. The topological polar surface area (TPSA) is 70.1 Å². The number of ketones is 1. The van der Waals surface area contributed by atoms with Crippen molar-refractivity contribution in [1.82, 2.24) is 9.78 Å². The Hall–Kier alpha value is -0.720. The summed E-state index contributed by atoms with van der Waals surface area (Å²) in [7, 11) is 1.52. The van der Waals surface area contributed by atoms with Crippen LogP contribution in [0.5, 0.6) is 0 Å². The van der Waals surface area contributed by atoms with Crippen molar-refractivity contribution in [2.24, 2.45) is 5.73 Å². The highest BCUT2D eigenvalue weighted by atomic mass is 79.9. The lowest BCUT2D eigenvalue weighted by molar-refractivity contribution is 0.0879. The van der Waals surface area contributed by atoms with Gasteiger partial charge in [-0.1, -0.05) is 0 Å². The Bertz CT molecular complexity index is 376.